The number of nitrogens with two attached hydrogens (primary N) is 1. The van der Waals surface area contributed by atoms with Crippen LogP contribution in [0.25, 0.3) is 0 Å². The Bertz CT molecular complexity index is 561. The first-order valence-electron chi connectivity index (χ1n) is 5.96. The summed E-state index contributed by atoms with van der Waals surface area (Å²) in [5, 5.41) is 2.68. The van der Waals surface area contributed by atoms with E-state index in [1.807, 2.05) is 36.8 Å². The van der Waals surface area contributed by atoms with Crippen molar-refractivity contribution in [2.75, 3.05) is 6.54 Å². The molecule has 0 aromatic heterocycles. The van der Waals surface area contributed by atoms with Crippen LogP contribution in [0, 0.1) is 0 Å². The molecule has 0 bridgehead atoms. The Morgan fingerprint density at radius 3 is 2.85 bits per heavy atom. The molecule has 1 aliphatic heterocycles. The molecular weight excluding hydrogens is 360 g/mol. The SMILES string of the molecule is NC(=S)NN1C=CN(CCc2cccc(Cl)c2)C(Br)=C1. The van der Waals surface area contributed by atoms with Gasteiger partial charge in [0.1, 0.15) is 4.61 Å². The van der Waals surface area contributed by atoms with E-state index in [2.05, 4.69) is 32.3 Å². The van der Waals surface area contributed by atoms with Gasteiger partial charge in [0.05, 0.1) is 6.20 Å². The number of hydrogen-bond donors (Lipinski definition) is 2. The fourth-order valence-corrected chi connectivity index (χ4v) is 2.61. The van der Waals surface area contributed by atoms with Crippen molar-refractivity contribution in [3.63, 3.8) is 0 Å². The van der Waals surface area contributed by atoms with Crippen LogP contribution in [-0.2, 0) is 6.42 Å². The molecule has 106 valence electrons. The molecule has 0 aliphatic carbocycles. The number of nitrogens with one attached hydrogen (secondary N) is 1. The Hall–Kier alpha value is -1.24. The average molecular weight is 374 g/mol. The Morgan fingerprint density at radius 1 is 1.40 bits per heavy atom. The van der Waals surface area contributed by atoms with E-state index in [0.717, 1.165) is 22.6 Å². The van der Waals surface area contributed by atoms with Crippen LogP contribution in [0.2, 0.25) is 5.02 Å². The van der Waals surface area contributed by atoms with E-state index in [9.17, 15) is 0 Å². The molecule has 0 saturated heterocycles. The second kappa shape index (κ2) is 6.97. The highest BCUT2D eigenvalue weighted by Crippen LogP contribution is 2.19. The molecule has 2 rings (SSSR count). The van der Waals surface area contributed by atoms with Gasteiger partial charge < -0.3 is 10.6 Å². The van der Waals surface area contributed by atoms with Gasteiger partial charge in [-0.25, -0.2) is 0 Å². The zero-order valence-electron chi connectivity index (χ0n) is 10.6. The minimum absolute atomic E-state index is 0.221. The van der Waals surface area contributed by atoms with Crippen LogP contribution in [0.3, 0.4) is 0 Å². The molecule has 1 aliphatic rings. The van der Waals surface area contributed by atoms with Crippen molar-refractivity contribution >= 4 is 44.9 Å². The number of benzene rings is 1. The van der Waals surface area contributed by atoms with E-state index in [-0.39, 0.29) is 5.11 Å². The maximum Gasteiger partial charge on any atom is 0.183 e. The summed E-state index contributed by atoms with van der Waals surface area (Å²) in [6.45, 7) is 0.842. The number of halogens is 2. The van der Waals surface area contributed by atoms with Crippen LogP contribution >= 0.6 is 39.7 Å². The van der Waals surface area contributed by atoms with E-state index >= 15 is 0 Å². The number of rotatable bonds is 4. The van der Waals surface area contributed by atoms with Crippen molar-refractivity contribution in [2.24, 2.45) is 5.73 Å². The molecule has 1 heterocycles. The van der Waals surface area contributed by atoms with E-state index in [0.29, 0.717) is 0 Å². The molecule has 7 heteroatoms. The van der Waals surface area contributed by atoms with Crippen molar-refractivity contribution in [1.29, 1.82) is 0 Å². The molecule has 4 nitrogen and oxygen atoms in total. The van der Waals surface area contributed by atoms with Crippen molar-refractivity contribution in [3.8, 4) is 0 Å². The molecule has 0 amide bonds. The minimum Gasteiger partial charge on any atom is -0.375 e. The fraction of sp³-hybridized carbons (Fsp3) is 0.154. The first-order valence-corrected chi connectivity index (χ1v) is 7.53. The van der Waals surface area contributed by atoms with Crippen molar-refractivity contribution in [3.05, 3.63) is 58.1 Å². The summed E-state index contributed by atoms with van der Waals surface area (Å²) >= 11 is 14.3. The normalized spacial score (nSPS) is 14.2. The van der Waals surface area contributed by atoms with Crippen molar-refractivity contribution in [1.82, 2.24) is 15.3 Å². The predicted molar refractivity (Wildman–Crippen MR) is 89.8 cm³/mol. The summed E-state index contributed by atoms with van der Waals surface area (Å²) in [4.78, 5) is 2.08. The number of hydrazine groups is 1. The lowest BCUT2D eigenvalue weighted by Crippen LogP contribution is -2.40. The average Bonchev–Trinajstić information content (AvgIpc) is 2.37. The van der Waals surface area contributed by atoms with Gasteiger partial charge in [-0.05, 0) is 52.3 Å². The van der Waals surface area contributed by atoms with E-state index in [4.69, 9.17) is 29.6 Å². The highest BCUT2D eigenvalue weighted by atomic mass is 79.9. The predicted octanol–water partition coefficient (Wildman–Crippen LogP) is 2.91. The fourth-order valence-electron chi connectivity index (χ4n) is 1.78. The second-order valence-corrected chi connectivity index (χ2v) is 5.90. The first-order chi connectivity index (χ1) is 9.54. The molecule has 0 saturated carbocycles. The number of thiocarbonyl (C=S) groups is 1. The minimum atomic E-state index is 0.221. The second-order valence-electron chi connectivity index (χ2n) is 4.21. The number of nitrogens with zero attached hydrogens (tertiary/aromatic N) is 2. The molecule has 0 fully saturated rings. The largest absolute Gasteiger partial charge is 0.375 e. The summed E-state index contributed by atoms with van der Waals surface area (Å²) in [6.07, 6.45) is 6.55. The molecule has 0 spiro atoms. The molecule has 0 atom stereocenters. The molecule has 0 radical (unpaired) electrons. The summed E-state index contributed by atoms with van der Waals surface area (Å²) < 4.78 is 0.922. The lowest BCUT2D eigenvalue weighted by atomic mass is 10.1. The topological polar surface area (TPSA) is 44.5 Å². The van der Waals surface area contributed by atoms with Crippen LogP contribution in [0.4, 0.5) is 0 Å². The van der Waals surface area contributed by atoms with Gasteiger partial charge in [0.25, 0.3) is 0 Å². The molecule has 1 aromatic rings. The van der Waals surface area contributed by atoms with E-state index in [1.54, 1.807) is 5.01 Å². The van der Waals surface area contributed by atoms with Crippen LogP contribution < -0.4 is 11.2 Å². The van der Waals surface area contributed by atoms with Crippen LogP contribution in [0.15, 0.2) is 47.5 Å². The molecule has 1 aromatic carbocycles. The molecule has 0 unspecified atom stereocenters. The zero-order chi connectivity index (χ0) is 14.5. The van der Waals surface area contributed by atoms with Crippen LogP contribution in [-0.4, -0.2) is 21.6 Å². The third-order valence-electron chi connectivity index (χ3n) is 2.70. The quantitative estimate of drug-likeness (QED) is 0.627. The van der Waals surface area contributed by atoms with Crippen LogP contribution in [0.1, 0.15) is 5.56 Å². The Morgan fingerprint density at radius 2 is 2.20 bits per heavy atom. The maximum atomic E-state index is 5.98. The summed E-state index contributed by atoms with van der Waals surface area (Å²) in [5.41, 5.74) is 9.45. The van der Waals surface area contributed by atoms with Gasteiger partial charge in [0, 0.05) is 24.0 Å². The van der Waals surface area contributed by atoms with Crippen LogP contribution in [0.5, 0.6) is 0 Å². The summed E-state index contributed by atoms with van der Waals surface area (Å²) in [6, 6.07) is 7.88. The Balaban J connectivity index is 1.92. The summed E-state index contributed by atoms with van der Waals surface area (Å²) in [5.74, 6) is 0. The Labute approximate surface area is 137 Å². The van der Waals surface area contributed by atoms with Gasteiger partial charge in [-0.3, -0.25) is 10.4 Å². The highest BCUT2D eigenvalue weighted by molar-refractivity contribution is 9.11. The highest BCUT2D eigenvalue weighted by Gasteiger charge is 2.11. The van der Waals surface area contributed by atoms with E-state index in [1.165, 1.54) is 5.56 Å². The smallest absolute Gasteiger partial charge is 0.183 e. The van der Waals surface area contributed by atoms with Gasteiger partial charge in [-0.1, -0.05) is 23.7 Å². The zero-order valence-corrected chi connectivity index (χ0v) is 13.8. The maximum absolute atomic E-state index is 5.98. The monoisotopic (exact) mass is 372 g/mol. The van der Waals surface area contributed by atoms with E-state index < -0.39 is 0 Å². The summed E-state index contributed by atoms with van der Waals surface area (Å²) in [7, 11) is 0. The molecule has 3 N–H and O–H groups in total. The van der Waals surface area contributed by atoms with Crippen molar-refractivity contribution in [2.45, 2.75) is 6.42 Å². The first kappa shape index (κ1) is 15.2. The van der Waals surface area contributed by atoms with Gasteiger partial charge in [-0.2, -0.15) is 0 Å². The number of hydrogen-bond acceptors (Lipinski definition) is 3. The molecular formula is C13H14BrClN4S. The van der Waals surface area contributed by atoms with Gasteiger partial charge >= 0.3 is 0 Å². The lowest BCUT2D eigenvalue weighted by Gasteiger charge is -2.28. The molecule has 20 heavy (non-hydrogen) atoms. The third-order valence-corrected chi connectivity index (χ3v) is 3.68. The standard InChI is InChI=1S/C13H14BrClN4S/c14-12-9-19(17-13(16)20)7-6-18(12)5-4-10-2-1-3-11(15)8-10/h1-3,6-9H,4-5H2,(H3,16,17,20). The van der Waals surface area contributed by atoms with Gasteiger partial charge in [0.15, 0.2) is 5.11 Å². The van der Waals surface area contributed by atoms with Crippen molar-refractivity contribution < 1.29 is 0 Å². The lowest BCUT2D eigenvalue weighted by molar-refractivity contribution is 0.391. The van der Waals surface area contributed by atoms with Gasteiger partial charge in [0.2, 0.25) is 0 Å². The third kappa shape index (κ3) is 4.40. The Kier molecular flexibility index (Phi) is 5.28. The van der Waals surface area contributed by atoms with Gasteiger partial charge in [-0.15, -0.1) is 0 Å².